The van der Waals surface area contributed by atoms with E-state index in [1.165, 1.54) is 0 Å². The molecule has 0 bridgehead atoms. The minimum atomic E-state index is -0.00938. The first kappa shape index (κ1) is 17.9. The van der Waals surface area contributed by atoms with E-state index in [-0.39, 0.29) is 18.5 Å². The molecule has 5 nitrogen and oxygen atoms in total. The number of anilines is 1. The predicted molar refractivity (Wildman–Crippen MR) is 112 cm³/mol. The van der Waals surface area contributed by atoms with Gasteiger partial charge in [0.1, 0.15) is 5.75 Å². The lowest BCUT2D eigenvalue weighted by Crippen LogP contribution is -2.38. The first-order valence-corrected chi connectivity index (χ1v) is 9.98. The van der Waals surface area contributed by atoms with Gasteiger partial charge < -0.3 is 19.1 Å². The standard InChI is InChI=1S/C24H23NO4/c1-27-21-8-6-16-11-18(5-4-17(16)12-21)24(26)19-3-2-10-25(14-19)20-7-9-22-23(13-20)29-15-28-22/h4-9,11-13,19H,2-3,10,14-15H2,1H3. The van der Waals surface area contributed by atoms with Crippen molar-refractivity contribution in [2.75, 3.05) is 31.9 Å². The van der Waals surface area contributed by atoms with Crippen LogP contribution in [-0.2, 0) is 0 Å². The van der Waals surface area contributed by atoms with E-state index in [4.69, 9.17) is 14.2 Å². The second-order valence-electron chi connectivity index (χ2n) is 7.61. The summed E-state index contributed by atoms with van der Waals surface area (Å²) in [5, 5.41) is 2.13. The number of piperidine rings is 1. The molecule has 1 saturated heterocycles. The molecule has 2 aliphatic rings. The van der Waals surface area contributed by atoms with Crippen molar-refractivity contribution in [2.45, 2.75) is 12.8 Å². The number of carbonyl (C=O) groups excluding carboxylic acids is 1. The summed E-state index contributed by atoms with van der Waals surface area (Å²) < 4.78 is 16.2. The van der Waals surface area contributed by atoms with Crippen LogP contribution in [0.15, 0.2) is 54.6 Å². The van der Waals surface area contributed by atoms with Gasteiger partial charge in [0, 0.05) is 36.3 Å². The molecular weight excluding hydrogens is 366 g/mol. The smallest absolute Gasteiger partial charge is 0.231 e. The number of carbonyl (C=O) groups is 1. The molecule has 5 heteroatoms. The Labute approximate surface area is 169 Å². The average Bonchev–Trinajstić information content (AvgIpc) is 3.26. The van der Waals surface area contributed by atoms with Crippen LogP contribution in [0.4, 0.5) is 5.69 Å². The molecule has 3 aromatic rings. The Morgan fingerprint density at radius 3 is 2.72 bits per heavy atom. The number of nitrogens with zero attached hydrogens (tertiary/aromatic N) is 1. The van der Waals surface area contributed by atoms with Gasteiger partial charge in [0.25, 0.3) is 0 Å². The van der Waals surface area contributed by atoms with Crippen LogP contribution in [0, 0.1) is 5.92 Å². The zero-order valence-electron chi connectivity index (χ0n) is 16.4. The molecule has 2 heterocycles. The maximum atomic E-state index is 13.2. The zero-order valence-corrected chi connectivity index (χ0v) is 16.4. The Balaban J connectivity index is 1.36. The van der Waals surface area contributed by atoms with E-state index in [2.05, 4.69) is 4.90 Å². The van der Waals surface area contributed by atoms with Crippen molar-refractivity contribution in [2.24, 2.45) is 5.92 Å². The van der Waals surface area contributed by atoms with E-state index in [0.29, 0.717) is 0 Å². The van der Waals surface area contributed by atoms with Crippen molar-refractivity contribution in [1.29, 1.82) is 0 Å². The quantitative estimate of drug-likeness (QED) is 0.607. The van der Waals surface area contributed by atoms with Crippen LogP contribution in [0.3, 0.4) is 0 Å². The van der Waals surface area contributed by atoms with Gasteiger partial charge in [-0.25, -0.2) is 0 Å². The van der Waals surface area contributed by atoms with Crippen molar-refractivity contribution < 1.29 is 19.0 Å². The molecule has 148 valence electrons. The molecule has 0 radical (unpaired) electrons. The summed E-state index contributed by atoms with van der Waals surface area (Å²) in [5.41, 5.74) is 1.86. The monoisotopic (exact) mass is 389 g/mol. The molecule has 1 fully saturated rings. The molecule has 1 atom stereocenters. The summed E-state index contributed by atoms with van der Waals surface area (Å²) in [5.74, 6) is 2.59. The molecule has 0 aromatic heterocycles. The van der Waals surface area contributed by atoms with Crippen molar-refractivity contribution in [3.05, 3.63) is 60.2 Å². The van der Waals surface area contributed by atoms with E-state index in [9.17, 15) is 4.79 Å². The minimum absolute atomic E-state index is 0.00938. The molecule has 1 unspecified atom stereocenters. The second-order valence-corrected chi connectivity index (χ2v) is 7.61. The van der Waals surface area contributed by atoms with E-state index in [0.717, 1.165) is 65.2 Å². The van der Waals surface area contributed by atoms with Crippen molar-refractivity contribution in [1.82, 2.24) is 0 Å². The van der Waals surface area contributed by atoms with Gasteiger partial charge >= 0.3 is 0 Å². The van der Waals surface area contributed by atoms with Gasteiger partial charge in [-0.2, -0.15) is 0 Å². The van der Waals surface area contributed by atoms with Gasteiger partial charge in [-0.1, -0.05) is 18.2 Å². The summed E-state index contributed by atoms with van der Waals surface area (Å²) in [6.45, 7) is 1.94. The summed E-state index contributed by atoms with van der Waals surface area (Å²) in [6, 6.07) is 17.9. The third kappa shape index (κ3) is 3.37. The van der Waals surface area contributed by atoms with Gasteiger partial charge in [-0.15, -0.1) is 0 Å². The van der Waals surface area contributed by atoms with Crippen LogP contribution >= 0.6 is 0 Å². The van der Waals surface area contributed by atoms with Crippen LogP contribution in [0.5, 0.6) is 17.2 Å². The zero-order chi connectivity index (χ0) is 19.8. The van der Waals surface area contributed by atoms with Crippen LogP contribution in [-0.4, -0.2) is 32.8 Å². The highest BCUT2D eigenvalue weighted by molar-refractivity contribution is 6.01. The Morgan fingerprint density at radius 1 is 1.00 bits per heavy atom. The normalized spacial score (nSPS) is 18.1. The summed E-state index contributed by atoms with van der Waals surface area (Å²) in [4.78, 5) is 15.5. The van der Waals surface area contributed by atoms with Crippen molar-refractivity contribution in [3.63, 3.8) is 0 Å². The lowest BCUT2D eigenvalue weighted by atomic mass is 9.89. The molecule has 0 N–H and O–H groups in total. The first-order chi connectivity index (χ1) is 14.2. The summed E-state index contributed by atoms with van der Waals surface area (Å²) in [6.07, 6.45) is 1.91. The summed E-state index contributed by atoms with van der Waals surface area (Å²) >= 11 is 0. The van der Waals surface area contributed by atoms with Gasteiger partial charge in [0.2, 0.25) is 6.79 Å². The third-order valence-electron chi connectivity index (χ3n) is 5.85. The van der Waals surface area contributed by atoms with E-state index in [1.54, 1.807) is 7.11 Å². The number of methoxy groups -OCH3 is 1. The highest BCUT2D eigenvalue weighted by Crippen LogP contribution is 2.37. The van der Waals surface area contributed by atoms with Gasteiger partial charge in [-0.3, -0.25) is 4.79 Å². The van der Waals surface area contributed by atoms with Crippen molar-refractivity contribution >= 4 is 22.2 Å². The molecule has 29 heavy (non-hydrogen) atoms. The highest BCUT2D eigenvalue weighted by atomic mass is 16.7. The minimum Gasteiger partial charge on any atom is -0.497 e. The molecular formula is C24H23NO4. The average molecular weight is 389 g/mol. The number of benzene rings is 3. The Bertz CT molecular complexity index is 1080. The maximum absolute atomic E-state index is 13.2. The first-order valence-electron chi connectivity index (χ1n) is 9.98. The number of Topliss-reactive ketones (excluding diaryl/α,β-unsaturated/α-hetero) is 1. The summed E-state index contributed by atoms with van der Waals surface area (Å²) in [7, 11) is 1.66. The number of rotatable bonds is 4. The van der Waals surface area contributed by atoms with Gasteiger partial charge in [-0.05, 0) is 53.9 Å². The van der Waals surface area contributed by atoms with Crippen LogP contribution in [0.25, 0.3) is 10.8 Å². The maximum Gasteiger partial charge on any atom is 0.231 e. The Kier molecular flexibility index (Phi) is 4.51. The number of ether oxygens (including phenoxy) is 3. The fourth-order valence-electron chi connectivity index (χ4n) is 4.25. The highest BCUT2D eigenvalue weighted by Gasteiger charge is 2.28. The largest absolute Gasteiger partial charge is 0.497 e. The molecule has 3 aromatic carbocycles. The number of hydrogen-bond acceptors (Lipinski definition) is 5. The molecule has 0 amide bonds. The number of ketones is 1. The van der Waals surface area contributed by atoms with Gasteiger partial charge in [0.15, 0.2) is 17.3 Å². The van der Waals surface area contributed by atoms with E-state index >= 15 is 0 Å². The molecule has 0 aliphatic carbocycles. The topological polar surface area (TPSA) is 48.0 Å². The molecule has 0 saturated carbocycles. The van der Waals surface area contributed by atoms with Gasteiger partial charge in [0.05, 0.1) is 7.11 Å². The SMILES string of the molecule is COc1ccc2cc(C(=O)C3CCCN(c4ccc5c(c4)OCO5)C3)ccc2c1. The Hall–Kier alpha value is -3.21. The van der Waals surface area contributed by atoms with Crippen LogP contribution < -0.4 is 19.1 Å². The van der Waals surface area contributed by atoms with E-state index in [1.807, 2.05) is 54.6 Å². The fraction of sp³-hybridized carbons (Fsp3) is 0.292. The van der Waals surface area contributed by atoms with Crippen LogP contribution in [0.2, 0.25) is 0 Å². The lowest BCUT2D eigenvalue weighted by molar-refractivity contribution is 0.0907. The Morgan fingerprint density at radius 2 is 1.83 bits per heavy atom. The number of fused-ring (bicyclic) bond motifs is 2. The van der Waals surface area contributed by atoms with Crippen molar-refractivity contribution in [3.8, 4) is 17.2 Å². The second kappa shape index (κ2) is 7.32. The molecule has 5 rings (SSSR count). The lowest BCUT2D eigenvalue weighted by Gasteiger charge is -2.34. The number of hydrogen-bond donors (Lipinski definition) is 0. The third-order valence-corrected chi connectivity index (χ3v) is 5.85. The van der Waals surface area contributed by atoms with Crippen LogP contribution in [0.1, 0.15) is 23.2 Å². The molecule has 0 spiro atoms. The fourth-order valence-corrected chi connectivity index (χ4v) is 4.25. The van der Waals surface area contributed by atoms with E-state index < -0.39 is 0 Å². The predicted octanol–water partition coefficient (Wildman–Crippen LogP) is 4.68. The molecule has 2 aliphatic heterocycles.